The summed E-state index contributed by atoms with van der Waals surface area (Å²) in [6.45, 7) is 5.80. The van der Waals surface area contributed by atoms with Gasteiger partial charge in [0.1, 0.15) is 22.7 Å². The van der Waals surface area contributed by atoms with E-state index in [-0.39, 0.29) is 11.2 Å². The monoisotopic (exact) mass is 282 g/mol. The number of hydrogen-bond donors (Lipinski definition) is 0. The third kappa shape index (κ3) is 2.43. The first-order chi connectivity index (χ1) is 10.1. The van der Waals surface area contributed by atoms with Gasteiger partial charge >= 0.3 is 0 Å². The summed E-state index contributed by atoms with van der Waals surface area (Å²) in [7, 11) is 0. The molecule has 2 aliphatic heterocycles. The fourth-order valence-electron chi connectivity index (χ4n) is 2.44. The van der Waals surface area contributed by atoms with Crippen molar-refractivity contribution in [2.24, 2.45) is 0 Å². The molecule has 3 heteroatoms. The van der Waals surface area contributed by atoms with Crippen LogP contribution in [-0.2, 0) is 20.7 Å². The predicted octanol–water partition coefficient (Wildman–Crippen LogP) is 3.97. The number of benzene rings is 2. The molecule has 3 nitrogen and oxygen atoms in total. The first-order valence-electron chi connectivity index (χ1n) is 7.24. The highest BCUT2D eigenvalue weighted by Gasteiger charge is 2.41. The Morgan fingerprint density at radius 1 is 0.714 bits per heavy atom. The fourth-order valence-corrected chi connectivity index (χ4v) is 2.44. The molecule has 0 amide bonds. The van der Waals surface area contributed by atoms with E-state index in [1.165, 1.54) is 11.1 Å². The molecule has 0 unspecified atom stereocenters. The molecule has 4 rings (SSSR count). The quantitative estimate of drug-likeness (QED) is 0.796. The van der Waals surface area contributed by atoms with Crippen molar-refractivity contribution in [2.75, 3.05) is 13.2 Å². The lowest BCUT2D eigenvalue weighted by atomic mass is 10.0. The maximum absolute atomic E-state index is 5.87. The lowest BCUT2D eigenvalue weighted by Crippen LogP contribution is -2.01. The van der Waals surface area contributed by atoms with Gasteiger partial charge in [-0.2, -0.15) is 0 Å². The van der Waals surface area contributed by atoms with Gasteiger partial charge in [-0.05, 0) is 49.2 Å². The average molecular weight is 282 g/mol. The molecule has 0 aliphatic carbocycles. The van der Waals surface area contributed by atoms with Crippen molar-refractivity contribution in [1.29, 1.82) is 0 Å². The molecule has 0 radical (unpaired) electrons. The minimum atomic E-state index is -0.0834. The summed E-state index contributed by atoms with van der Waals surface area (Å²) >= 11 is 0. The van der Waals surface area contributed by atoms with Gasteiger partial charge in [-0.15, -0.1) is 0 Å². The molecule has 0 bridgehead atoms. The molecular formula is C18H18O3. The first kappa shape index (κ1) is 12.9. The minimum absolute atomic E-state index is 0.0834. The largest absolute Gasteiger partial charge is 0.457 e. The molecule has 2 heterocycles. The number of epoxide rings is 2. The highest BCUT2D eigenvalue weighted by atomic mass is 16.6. The summed E-state index contributed by atoms with van der Waals surface area (Å²) in [5.74, 6) is 1.68. The normalized spacial score (nSPS) is 30.0. The average Bonchev–Trinajstić information content (AvgIpc) is 3.41. The van der Waals surface area contributed by atoms with Gasteiger partial charge in [-0.1, -0.05) is 24.3 Å². The summed E-state index contributed by atoms with van der Waals surface area (Å²) in [4.78, 5) is 0. The molecule has 108 valence electrons. The van der Waals surface area contributed by atoms with E-state index >= 15 is 0 Å². The van der Waals surface area contributed by atoms with E-state index < -0.39 is 0 Å². The summed E-state index contributed by atoms with van der Waals surface area (Å²) < 4.78 is 16.7. The Bertz CT molecular complexity index is 590. The van der Waals surface area contributed by atoms with Gasteiger partial charge in [0, 0.05) is 0 Å². The van der Waals surface area contributed by atoms with Gasteiger partial charge in [0.25, 0.3) is 0 Å². The van der Waals surface area contributed by atoms with E-state index in [9.17, 15) is 0 Å². The van der Waals surface area contributed by atoms with Crippen LogP contribution in [0.1, 0.15) is 25.0 Å². The van der Waals surface area contributed by atoms with Gasteiger partial charge in [0.2, 0.25) is 0 Å². The summed E-state index contributed by atoms with van der Waals surface area (Å²) in [6, 6.07) is 16.2. The molecule has 2 aliphatic rings. The topological polar surface area (TPSA) is 34.3 Å². The van der Waals surface area contributed by atoms with E-state index in [4.69, 9.17) is 14.2 Å². The van der Waals surface area contributed by atoms with Gasteiger partial charge < -0.3 is 14.2 Å². The van der Waals surface area contributed by atoms with Crippen LogP contribution in [0.15, 0.2) is 48.5 Å². The van der Waals surface area contributed by atoms with Crippen LogP contribution in [0.4, 0.5) is 0 Å². The summed E-state index contributed by atoms with van der Waals surface area (Å²) in [5, 5.41) is 0. The van der Waals surface area contributed by atoms with Crippen molar-refractivity contribution >= 4 is 0 Å². The van der Waals surface area contributed by atoms with Crippen molar-refractivity contribution < 1.29 is 14.2 Å². The van der Waals surface area contributed by atoms with E-state index in [0.717, 1.165) is 24.7 Å². The molecule has 2 aromatic rings. The lowest BCUT2D eigenvalue weighted by molar-refractivity contribution is 0.329. The van der Waals surface area contributed by atoms with Crippen LogP contribution in [0.5, 0.6) is 11.5 Å². The second kappa shape index (κ2) is 4.33. The molecule has 2 aromatic carbocycles. The van der Waals surface area contributed by atoms with Crippen LogP contribution in [0.3, 0.4) is 0 Å². The zero-order valence-corrected chi connectivity index (χ0v) is 12.3. The molecular weight excluding hydrogens is 264 g/mol. The maximum atomic E-state index is 5.87. The van der Waals surface area contributed by atoms with E-state index in [0.29, 0.717) is 0 Å². The zero-order valence-electron chi connectivity index (χ0n) is 12.3. The van der Waals surface area contributed by atoms with Crippen LogP contribution < -0.4 is 4.74 Å². The molecule has 21 heavy (non-hydrogen) atoms. The Labute approximate surface area is 124 Å². The second-order valence-corrected chi connectivity index (χ2v) is 6.19. The van der Waals surface area contributed by atoms with Crippen LogP contribution in [0.2, 0.25) is 0 Å². The number of hydrogen-bond acceptors (Lipinski definition) is 3. The van der Waals surface area contributed by atoms with Crippen LogP contribution in [-0.4, -0.2) is 13.2 Å². The molecule has 0 spiro atoms. The summed E-state index contributed by atoms with van der Waals surface area (Å²) in [6.07, 6.45) is 0. The van der Waals surface area contributed by atoms with Crippen molar-refractivity contribution in [3.63, 3.8) is 0 Å². The fraction of sp³-hybridized carbons (Fsp3) is 0.333. The third-order valence-electron chi connectivity index (χ3n) is 4.32. The van der Waals surface area contributed by atoms with E-state index in [1.54, 1.807) is 0 Å². The SMILES string of the molecule is C[C@]1(c2ccc(Oc3ccc([C@@]4(C)CO4)cc3)cc2)CO1. The Balaban J connectivity index is 1.48. The van der Waals surface area contributed by atoms with Crippen molar-refractivity contribution in [3.05, 3.63) is 59.7 Å². The van der Waals surface area contributed by atoms with Crippen LogP contribution in [0.25, 0.3) is 0 Å². The van der Waals surface area contributed by atoms with Gasteiger partial charge in [0.15, 0.2) is 0 Å². The Morgan fingerprint density at radius 2 is 1.05 bits per heavy atom. The molecule has 2 atom stereocenters. The zero-order chi connectivity index (χ0) is 14.5. The Morgan fingerprint density at radius 3 is 1.33 bits per heavy atom. The number of ether oxygens (including phenoxy) is 3. The van der Waals surface area contributed by atoms with Crippen LogP contribution >= 0.6 is 0 Å². The van der Waals surface area contributed by atoms with Crippen molar-refractivity contribution in [3.8, 4) is 11.5 Å². The minimum Gasteiger partial charge on any atom is -0.457 e. The predicted molar refractivity (Wildman–Crippen MR) is 79.6 cm³/mol. The molecule has 0 saturated carbocycles. The highest BCUT2D eigenvalue weighted by molar-refractivity contribution is 5.38. The van der Waals surface area contributed by atoms with Crippen LogP contribution in [0, 0.1) is 0 Å². The second-order valence-electron chi connectivity index (χ2n) is 6.19. The first-order valence-corrected chi connectivity index (χ1v) is 7.24. The van der Waals surface area contributed by atoms with E-state index in [2.05, 4.69) is 38.1 Å². The third-order valence-corrected chi connectivity index (χ3v) is 4.32. The Hall–Kier alpha value is -1.84. The molecule has 0 N–H and O–H groups in total. The smallest absolute Gasteiger partial charge is 0.127 e. The number of rotatable bonds is 4. The Kier molecular flexibility index (Phi) is 2.65. The maximum Gasteiger partial charge on any atom is 0.127 e. The standard InChI is InChI=1S/C18H18O3/c1-17(11-19-17)13-3-7-15(8-4-13)21-16-9-5-14(6-10-16)18(2)12-20-18/h3-10H,11-12H2,1-2H3/t17-,18-/m1/s1. The van der Waals surface area contributed by atoms with Gasteiger partial charge in [-0.3, -0.25) is 0 Å². The van der Waals surface area contributed by atoms with Gasteiger partial charge in [0.05, 0.1) is 13.2 Å². The molecule has 2 saturated heterocycles. The molecule has 0 aromatic heterocycles. The molecule has 2 fully saturated rings. The van der Waals surface area contributed by atoms with Gasteiger partial charge in [-0.25, -0.2) is 0 Å². The van der Waals surface area contributed by atoms with E-state index in [1.807, 2.05) is 24.3 Å². The van der Waals surface area contributed by atoms with Crippen molar-refractivity contribution in [2.45, 2.75) is 25.0 Å². The summed E-state index contributed by atoms with van der Waals surface area (Å²) in [5.41, 5.74) is 2.23. The van der Waals surface area contributed by atoms with Crippen molar-refractivity contribution in [1.82, 2.24) is 0 Å². The highest BCUT2D eigenvalue weighted by Crippen LogP contribution is 2.40. The lowest BCUT2D eigenvalue weighted by Gasteiger charge is -2.10.